The van der Waals surface area contributed by atoms with E-state index in [4.69, 9.17) is 28.4 Å². The molecule has 0 bridgehead atoms. The lowest BCUT2D eigenvalue weighted by atomic mass is 9.96. The number of aromatic nitrogens is 8. The van der Waals surface area contributed by atoms with Gasteiger partial charge in [-0.15, -0.1) is 0 Å². The van der Waals surface area contributed by atoms with Gasteiger partial charge in [0.1, 0.15) is 37.6 Å². The molecule has 0 aliphatic carbocycles. The third kappa shape index (κ3) is 11.9. The van der Waals surface area contributed by atoms with Gasteiger partial charge in [0, 0.05) is 17.8 Å². The number of fused-ring (bicyclic) bond motifs is 2. The van der Waals surface area contributed by atoms with Gasteiger partial charge in [-0.25, -0.2) is 19.6 Å². The maximum atomic E-state index is 12.8. The second kappa shape index (κ2) is 23.5. The Labute approximate surface area is 412 Å². The van der Waals surface area contributed by atoms with Crippen LogP contribution in [0.1, 0.15) is 67.8 Å². The Balaban J connectivity index is 0.000000211. The molecule has 6 aromatic rings. The number of benzene rings is 2. The number of nitrogens with one attached hydrogen (secondary N) is 2. The minimum absolute atomic E-state index is 0.0211. The standard InChI is InChI=1S/C25H29N5O6.C24H27N5O7/c1-5-11-34-22-17-20(27-25(29-22)28-21(32)14(2)3)30(13-26-17)23-18(31)19(15(4)12-35-23)36-24(33)16-9-7-6-8-10-16;1-4-10-34-21-16-19(26-24(28-21)27-20(32)13(2)3)29(12-25-16)22-18(17(31)15(30)11-35-22)36-23(33)14-8-6-5-7-9-14/h5-10,13-15,18-19,23,31H,1,11-12H2,2-4H3,(H,27,28,29,32);4-9,12-13,15,17-18,22,30-31H,1,10-11H2,2-3H3,(H,26,27,28,32)/t15-,18+,19-,23?;15-,17+,18+,22?/m11/s1. The molecule has 8 rings (SSSR count). The fourth-order valence-corrected chi connectivity index (χ4v) is 7.30. The summed E-state index contributed by atoms with van der Waals surface area (Å²) in [6.45, 7) is 16.3. The zero-order valence-corrected chi connectivity index (χ0v) is 40.1. The Morgan fingerprint density at radius 2 is 1.11 bits per heavy atom. The van der Waals surface area contributed by atoms with Crippen LogP contribution in [-0.4, -0.2) is 135 Å². The number of carbonyl (C=O) groups excluding carboxylic acids is 4. The Morgan fingerprint density at radius 3 is 1.57 bits per heavy atom. The van der Waals surface area contributed by atoms with Gasteiger partial charge in [0.2, 0.25) is 35.5 Å². The molecule has 2 aliphatic rings. The summed E-state index contributed by atoms with van der Waals surface area (Å²) < 4.78 is 37.2. The second-order valence-electron chi connectivity index (χ2n) is 17.3. The van der Waals surface area contributed by atoms with E-state index >= 15 is 0 Å². The quantitative estimate of drug-likeness (QED) is 0.0670. The van der Waals surface area contributed by atoms with Gasteiger partial charge in [-0.05, 0) is 24.3 Å². The maximum absolute atomic E-state index is 12.8. The smallest absolute Gasteiger partial charge is 0.338 e. The van der Waals surface area contributed by atoms with Gasteiger partial charge >= 0.3 is 11.9 Å². The molecule has 380 valence electrons. The number of aliphatic hydroxyl groups is 3. The monoisotopic (exact) mass is 992 g/mol. The van der Waals surface area contributed by atoms with E-state index in [0.717, 1.165) is 0 Å². The maximum Gasteiger partial charge on any atom is 0.338 e. The van der Waals surface area contributed by atoms with Crippen LogP contribution in [-0.2, 0) is 28.5 Å². The highest BCUT2D eigenvalue weighted by Crippen LogP contribution is 2.35. The van der Waals surface area contributed by atoms with E-state index in [1.54, 1.807) is 94.4 Å². The minimum Gasteiger partial charge on any atom is -0.472 e. The molecular formula is C49H56N10O13. The molecule has 72 heavy (non-hydrogen) atoms. The number of imidazole rings is 2. The highest BCUT2D eigenvalue weighted by molar-refractivity contribution is 5.93. The average Bonchev–Trinajstić information content (AvgIpc) is 4.00. The number of ether oxygens (including phenoxy) is 6. The van der Waals surface area contributed by atoms with E-state index in [-0.39, 0.29) is 102 Å². The van der Waals surface area contributed by atoms with Crippen molar-refractivity contribution in [2.75, 3.05) is 37.1 Å². The van der Waals surface area contributed by atoms with Crippen molar-refractivity contribution in [3.05, 3.63) is 110 Å². The number of hydrogen-bond donors (Lipinski definition) is 5. The third-order valence-electron chi connectivity index (χ3n) is 11.2. The SMILES string of the molecule is C=CCOc1nc(NC(=O)C(C)C)nc2c1ncn2C1OC[C@@H](C)[C@@H](OC(=O)c2ccccc2)[C@@H]1O.C=CCOc1nc(NC(=O)C(C)C)nc2c1ncn2C1OC[C@@H](O)[C@H](O)[C@@H]1OC(=O)c1ccccc1. The summed E-state index contributed by atoms with van der Waals surface area (Å²) in [7, 11) is 0. The number of aliphatic hydroxyl groups excluding tert-OH is 3. The average molecular weight is 993 g/mol. The van der Waals surface area contributed by atoms with Crippen LogP contribution in [0.5, 0.6) is 11.8 Å². The Kier molecular flexibility index (Phi) is 17.0. The van der Waals surface area contributed by atoms with Crippen molar-refractivity contribution in [3.8, 4) is 11.8 Å². The lowest BCUT2D eigenvalue weighted by Gasteiger charge is -2.38. The molecule has 2 amide bonds. The number of hydrogen-bond acceptors (Lipinski definition) is 19. The number of carbonyl (C=O) groups is 4. The van der Waals surface area contributed by atoms with Crippen molar-refractivity contribution in [2.45, 2.75) is 77.6 Å². The Bertz CT molecular complexity index is 2880. The summed E-state index contributed by atoms with van der Waals surface area (Å²) >= 11 is 0. The second-order valence-corrected chi connectivity index (χ2v) is 17.3. The van der Waals surface area contributed by atoms with E-state index < -0.39 is 54.9 Å². The molecule has 2 aliphatic heterocycles. The zero-order chi connectivity index (χ0) is 51.6. The van der Waals surface area contributed by atoms with Gasteiger partial charge < -0.3 is 43.7 Å². The minimum atomic E-state index is -1.45. The van der Waals surface area contributed by atoms with Crippen LogP contribution in [0.4, 0.5) is 11.9 Å². The molecule has 2 unspecified atom stereocenters. The Hall–Kier alpha value is -7.70. The van der Waals surface area contributed by atoms with Crippen LogP contribution in [0.25, 0.3) is 22.3 Å². The highest BCUT2D eigenvalue weighted by Gasteiger charge is 2.44. The van der Waals surface area contributed by atoms with Gasteiger partial charge in [-0.3, -0.25) is 29.4 Å². The topological polar surface area (TPSA) is 296 Å². The van der Waals surface area contributed by atoms with Gasteiger partial charge in [0.25, 0.3) is 0 Å². The largest absolute Gasteiger partial charge is 0.472 e. The van der Waals surface area contributed by atoms with Crippen molar-refractivity contribution in [1.29, 1.82) is 0 Å². The normalized spacial score (nSPS) is 21.8. The van der Waals surface area contributed by atoms with Crippen molar-refractivity contribution in [3.63, 3.8) is 0 Å². The Morgan fingerprint density at radius 1 is 0.667 bits per heavy atom. The van der Waals surface area contributed by atoms with E-state index in [9.17, 15) is 34.5 Å². The highest BCUT2D eigenvalue weighted by atomic mass is 16.6. The van der Waals surface area contributed by atoms with Crippen LogP contribution in [0.15, 0.2) is 98.6 Å². The summed E-state index contributed by atoms with van der Waals surface area (Å²) in [6, 6.07) is 16.8. The fraction of sp³-hybridized carbons (Fsp3) is 0.388. The van der Waals surface area contributed by atoms with Crippen LogP contribution in [0.2, 0.25) is 0 Å². The molecule has 5 N–H and O–H groups in total. The number of esters is 2. The third-order valence-corrected chi connectivity index (χ3v) is 11.2. The number of anilines is 2. The van der Waals surface area contributed by atoms with Crippen molar-refractivity contribution in [2.24, 2.45) is 17.8 Å². The number of amides is 2. The summed E-state index contributed by atoms with van der Waals surface area (Å²) in [4.78, 5) is 76.0. The van der Waals surface area contributed by atoms with Crippen molar-refractivity contribution < 1.29 is 62.9 Å². The molecule has 2 fully saturated rings. The number of nitrogens with zero attached hydrogens (tertiary/aromatic N) is 8. The van der Waals surface area contributed by atoms with Crippen LogP contribution in [0, 0.1) is 17.8 Å². The van der Waals surface area contributed by atoms with Gasteiger partial charge in [-0.2, -0.15) is 19.9 Å². The van der Waals surface area contributed by atoms with Gasteiger partial charge in [0.05, 0.1) is 37.0 Å². The van der Waals surface area contributed by atoms with E-state index in [1.807, 2.05) is 6.92 Å². The molecule has 23 heteroatoms. The first-order chi connectivity index (χ1) is 34.6. The predicted molar refractivity (Wildman–Crippen MR) is 257 cm³/mol. The first kappa shape index (κ1) is 52.1. The van der Waals surface area contributed by atoms with E-state index in [1.165, 1.54) is 27.9 Å². The predicted octanol–water partition coefficient (Wildman–Crippen LogP) is 4.20. The van der Waals surface area contributed by atoms with Gasteiger partial charge in [0.15, 0.2) is 40.9 Å². The summed E-state index contributed by atoms with van der Waals surface area (Å²) in [5.41, 5.74) is 1.67. The molecule has 2 saturated heterocycles. The lowest BCUT2D eigenvalue weighted by molar-refractivity contribution is -0.210. The lowest BCUT2D eigenvalue weighted by Crippen LogP contribution is -2.52. The molecule has 0 saturated carbocycles. The summed E-state index contributed by atoms with van der Waals surface area (Å²) in [6.07, 6.45) is -2.28. The molecule has 0 radical (unpaired) electrons. The van der Waals surface area contributed by atoms with Crippen LogP contribution in [0.3, 0.4) is 0 Å². The van der Waals surface area contributed by atoms with Crippen molar-refractivity contribution >= 4 is 58.0 Å². The first-order valence-electron chi connectivity index (χ1n) is 23.0. The molecule has 4 aromatic heterocycles. The summed E-state index contributed by atoms with van der Waals surface area (Å²) in [5, 5.41) is 37.4. The molecule has 6 heterocycles. The zero-order valence-electron chi connectivity index (χ0n) is 40.1. The van der Waals surface area contributed by atoms with E-state index in [2.05, 4.69) is 53.7 Å². The molecule has 8 atom stereocenters. The molecule has 23 nitrogen and oxygen atoms in total. The molecule has 2 aromatic carbocycles. The van der Waals surface area contributed by atoms with Crippen LogP contribution >= 0.6 is 0 Å². The summed E-state index contributed by atoms with van der Waals surface area (Å²) in [5.74, 6) is -2.49. The van der Waals surface area contributed by atoms with Crippen molar-refractivity contribution in [1.82, 2.24) is 39.0 Å². The molecule has 0 spiro atoms. The first-order valence-corrected chi connectivity index (χ1v) is 23.0. The molecular weight excluding hydrogens is 937 g/mol. The van der Waals surface area contributed by atoms with E-state index in [0.29, 0.717) is 11.1 Å². The van der Waals surface area contributed by atoms with Crippen LogP contribution < -0.4 is 20.1 Å². The number of rotatable bonds is 16. The fourth-order valence-electron chi connectivity index (χ4n) is 7.30. The van der Waals surface area contributed by atoms with Gasteiger partial charge in [-0.1, -0.05) is 96.3 Å².